The minimum absolute atomic E-state index is 0.0219. The Bertz CT molecular complexity index is 2690. The SMILES string of the molecule is O=C(O)[C@H]1Cc2cc(ccc2OCc2ccnc(COCC(F)(F)F)n2)OC(=O)N(CCN2CCN(O)CC2)c2ccc(c(O)c2Cl)-c2c(-c3ccc(F)cc3)sc3ncnc(c23)O1. The van der Waals surface area contributed by atoms with Crippen molar-refractivity contribution in [3.05, 3.63) is 101 Å². The number of hydrogen-bond acceptors (Lipinski definition) is 15. The third-order valence-electron chi connectivity index (χ3n) is 10.2. The summed E-state index contributed by atoms with van der Waals surface area (Å²) < 4.78 is 75.1. The summed E-state index contributed by atoms with van der Waals surface area (Å²) in [6, 6.07) is 14.4. The third-order valence-corrected chi connectivity index (χ3v) is 11.8. The van der Waals surface area contributed by atoms with Gasteiger partial charge in [0.2, 0.25) is 12.0 Å². The summed E-state index contributed by atoms with van der Waals surface area (Å²) in [4.78, 5) is 48.4. The number of phenols is 1. The van der Waals surface area contributed by atoms with Gasteiger partial charge < -0.3 is 34.4 Å². The maximum absolute atomic E-state index is 14.3. The number of hydroxylamine groups is 2. The van der Waals surface area contributed by atoms with Crippen molar-refractivity contribution in [2.24, 2.45) is 0 Å². The van der Waals surface area contributed by atoms with Gasteiger partial charge >= 0.3 is 18.2 Å². The van der Waals surface area contributed by atoms with Crippen molar-refractivity contribution in [1.29, 1.82) is 0 Å². The Labute approximate surface area is 369 Å². The number of carboxylic acids is 1. The van der Waals surface area contributed by atoms with Gasteiger partial charge in [0.1, 0.15) is 59.1 Å². The molecule has 22 heteroatoms. The smallest absolute Gasteiger partial charge is 0.419 e. The number of fused-ring (bicyclic) bond motifs is 6. The van der Waals surface area contributed by atoms with Crippen molar-refractivity contribution in [1.82, 2.24) is 29.9 Å². The van der Waals surface area contributed by atoms with E-state index in [1.165, 1.54) is 83.2 Å². The molecule has 0 saturated carbocycles. The van der Waals surface area contributed by atoms with Gasteiger partial charge in [0.25, 0.3) is 0 Å². The number of phenolic OH excluding ortho intramolecular Hbond substituents is 1. The number of piperazine rings is 1. The van der Waals surface area contributed by atoms with E-state index in [9.17, 15) is 42.6 Å². The molecule has 0 radical (unpaired) electrons. The molecule has 1 fully saturated rings. The van der Waals surface area contributed by atoms with Crippen molar-refractivity contribution < 1.29 is 61.5 Å². The molecular formula is C42H36ClF4N7O9S. The Morgan fingerprint density at radius 1 is 0.984 bits per heavy atom. The van der Waals surface area contributed by atoms with Gasteiger partial charge in [-0.05, 0) is 54.1 Å². The predicted molar refractivity (Wildman–Crippen MR) is 222 cm³/mol. The molecule has 0 spiro atoms. The molecule has 4 bridgehead atoms. The predicted octanol–water partition coefficient (Wildman–Crippen LogP) is 7.37. The standard InChI is InChI=1S/C42H36ClF4N7O9S/c43-35-29-7-6-28(36(35)55)33-34-38(49-22-50-39(34)64-37(33)23-1-3-25(44)4-2-23)63-31(40(56)57)18-24-17-27(62-41(58)54(29)16-13-52-11-14-53(59)15-12-52)5-8-30(24)61-19-26-9-10-48-32(51-26)20-60-21-42(45,46)47/h1-10,17,22,31,55,59H,11-16,18-21H2,(H,56,57)/t31-/m1/s1. The second kappa shape index (κ2) is 18.9. The van der Waals surface area contributed by atoms with Crippen LogP contribution in [0.25, 0.3) is 31.8 Å². The first kappa shape index (κ1) is 44.4. The van der Waals surface area contributed by atoms with Crippen LogP contribution in [0.2, 0.25) is 5.02 Å². The number of carbonyl (C=O) groups excluding carboxylic acids is 1. The van der Waals surface area contributed by atoms with Crippen molar-refractivity contribution in [2.45, 2.75) is 31.9 Å². The zero-order chi connectivity index (χ0) is 45.1. The number of thiophene rings is 1. The van der Waals surface area contributed by atoms with E-state index in [0.29, 0.717) is 53.6 Å². The number of benzene rings is 3. The van der Waals surface area contributed by atoms with Crippen LogP contribution in [-0.2, 0) is 29.2 Å². The summed E-state index contributed by atoms with van der Waals surface area (Å²) in [6.07, 6.45) is -5.00. The lowest BCUT2D eigenvalue weighted by Crippen LogP contribution is -2.48. The Kier molecular flexibility index (Phi) is 13.1. The highest BCUT2D eigenvalue weighted by Crippen LogP contribution is 2.52. The molecule has 0 unspecified atom stereocenters. The Morgan fingerprint density at radius 3 is 2.52 bits per heavy atom. The number of rotatable bonds is 11. The first-order chi connectivity index (χ1) is 30.7. The monoisotopic (exact) mass is 925 g/mol. The number of nitrogens with zero attached hydrogens (tertiary/aromatic N) is 7. The van der Waals surface area contributed by atoms with E-state index in [1.807, 2.05) is 4.90 Å². The number of hydrogen-bond donors (Lipinski definition) is 3. The number of anilines is 1. The Balaban J connectivity index is 1.22. The van der Waals surface area contributed by atoms with Gasteiger partial charge in [-0.15, -0.1) is 11.3 Å². The average molecular weight is 926 g/mol. The minimum atomic E-state index is -4.54. The summed E-state index contributed by atoms with van der Waals surface area (Å²) >= 11 is 8.14. The van der Waals surface area contributed by atoms with Crippen LogP contribution in [0, 0.1) is 5.82 Å². The third kappa shape index (κ3) is 10.1. The molecule has 3 aromatic heterocycles. The molecule has 3 aliphatic heterocycles. The van der Waals surface area contributed by atoms with Crippen LogP contribution in [0.15, 0.2) is 73.2 Å². The fraction of sp³-hybridized carbons (Fsp3) is 0.286. The van der Waals surface area contributed by atoms with E-state index in [-0.39, 0.29) is 69.3 Å². The van der Waals surface area contributed by atoms with E-state index in [2.05, 4.69) is 24.7 Å². The second-order valence-corrected chi connectivity index (χ2v) is 15.9. The normalized spacial score (nSPS) is 16.2. The van der Waals surface area contributed by atoms with Crippen LogP contribution >= 0.6 is 22.9 Å². The molecular weight excluding hydrogens is 890 g/mol. The van der Waals surface area contributed by atoms with E-state index >= 15 is 0 Å². The molecule has 1 saturated heterocycles. The fourth-order valence-electron chi connectivity index (χ4n) is 7.12. The van der Waals surface area contributed by atoms with Crippen molar-refractivity contribution in [3.8, 4) is 44.7 Å². The molecule has 0 aliphatic carbocycles. The van der Waals surface area contributed by atoms with Crippen LogP contribution in [-0.4, -0.2) is 116 Å². The molecule has 3 N–H and O–H groups in total. The topological polar surface area (TPSA) is 193 Å². The van der Waals surface area contributed by atoms with Gasteiger partial charge in [-0.1, -0.05) is 23.7 Å². The summed E-state index contributed by atoms with van der Waals surface area (Å²) in [5, 5.41) is 33.7. The number of halogens is 5. The number of aromatic hydroxyl groups is 1. The van der Waals surface area contributed by atoms with E-state index < -0.39 is 55.5 Å². The van der Waals surface area contributed by atoms with E-state index in [1.54, 1.807) is 0 Å². The molecule has 1 atom stereocenters. The highest BCUT2D eigenvalue weighted by atomic mass is 35.5. The Hall–Kier alpha value is -6.23. The summed E-state index contributed by atoms with van der Waals surface area (Å²) in [5.74, 6) is -2.47. The lowest BCUT2D eigenvalue weighted by Gasteiger charge is -2.33. The highest BCUT2D eigenvalue weighted by Gasteiger charge is 2.32. The summed E-state index contributed by atoms with van der Waals surface area (Å²) in [6.45, 7) is -0.154. The largest absolute Gasteiger partial charge is 0.506 e. The number of carboxylic acid groups (broad SMARTS) is 1. The minimum Gasteiger partial charge on any atom is -0.506 e. The number of aliphatic carboxylic acids is 1. The van der Waals surface area contributed by atoms with Crippen LogP contribution < -0.4 is 19.1 Å². The van der Waals surface area contributed by atoms with E-state index in [4.69, 9.17) is 25.8 Å². The molecule has 9 rings (SSSR count). The molecule has 334 valence electrons. The molecule has 1 amide bonds. The Morgan fingerprint density at radius 2 is 1.77 bits per heavy atom. The van der Waals surface area contributed by atoms with Crippen LogP contribution in [0.1, 0.15) is 17.1 Å². The van der Waals surface area contributed by atoms with Gasteiger partial charge in [0.15, 0.2) is 5.82 Å². The fourth-order valence-corrected chi connectivity index (χ4v) is 8.54. The lowest BCUT2D eigenvalue weighted by molar-refractivity contribution is -0.177. The van der Waals surface area contributed by atoms with Crippen molar-refractivity contribution in [3.63, 3.8) is 0 Å². The first-order valence-electron chi connectivity index (χ1n) is 19.5. The first-order valence-corrected chi connectivity index (χ1v) is 20.7. The van der Waals surface area contributed by atoms with Gasteiger partial charge in [0, 0.05) is 73.5 Å². The van der Waals surface area contributed by atoms with Crippen LogP contribution in [0.4, 0.5) is 28.0 Å². The second-order valence-electron chi connectivity index (χ2n) is 14.6. The van der Waals surface area contributed by atoms with E-state index in [0.717, 1.165) is 11.3 Å². The zero-order valence-corrected chi connectivity index (χ0v) is 34.9. The maximum atomic E-state index is 14.3. The summed E-state index contributed by atoms with van der Waals surface area (Å²) in [7, 11) is 0. The van der Waals surface area contributed by atoms with Crippen molar-refractivity contribution in [2.75, 3.05) is 50.8 Å². The average Bonchev–Trinajstić information content (AvgIpc) is 3.65. The lowest BCUT2D eigenvalue weighted by atomic mass is 9.98. The number of aromatic nitrogens is 4. The van der Waals surface area contributed by atoms with Crippen LogP contribution in [0.3, 0.4) is 0 Å². The number of ether oxygens (including phenoxy) is 4. The quantitative estimate of drug-likeness (QED) is 0.109. The zero-order valence-electron chi connectivity index (χ0n) is 33.3. The molecule has 3 aromatic carbocycles. The molecule has 6 heterocycles. The molecule has 16 nitrogen and oxygen atoms in total. The molecule has 3 aliphatic rings. The highest BCUT2D eigenvalue weighted by molar-refractivity contribution is 7.22. The van der Waals surface area contributed by atoms with Gasteiger partial charge in [-0.25, -0.2) is 33.9 Å². The molecule has 6 aromatic rings. The van der Waals surface area contributed by atoms with Gasteiger partial charge in [-0.2, -0.15) is 18.2 Å². The number of amides is 1. The molecule has 64 heavy (non-hydrogen) atoms. The summed E-state index contributed by atoms with van der Waals surface area (Å²) in [5.41, 5.74) is 1.50. The van der Waals surface area contributed by atoms with Crippen molar-refractivity contribution >= 4 is 50.9 Å². The van der Waals surface area contributed by atoms with Gasteiger partial charge in [-0.3, -0.25) is 9.80 Å². The van der Waals surface area contributed by atoms with Crippen LogP contribution in [0.5, 0.6) is 23.1 Å². The maximum Gasteiger partial charge on any atom is 0.419 e. The number of carbonyl (C=O) groups is 2. The van der Waals surface area contributed by atoms with Gasteiger partial charge in [0.05, 0.1) is 16.8 Å². The number of alkyl halides is 3.